The van der Waals surface area contributed by atoms with Crippen LogP contribution in [0.5, 0.6) is 0 Å². The van der Waals surface area contributed by atoms with E-state index >= 15 is 0 Å². The third kappa shape index (κ3) is 9.68. The fraction of sp³-hybridized carbons (Fsp3) is 0. The van der Waals surface area contributed by atoms with Crippen molar-refractivity contribution < 1.29 is 51.4 Å². The summed E-state index contributed by atoms with van der Waals surface area (Å²) in [5, 5.41) is 0. The van der Waals surface area contributed by atoms with E-state index in [2.05, 4.69) is 0 Å². The molecule has 0 radical (unpaired) electrons. The Labute approximate surface area is 68.7 Å². The molecule has 0 amide bonds. The van der Waals surface area contributed by atoms with Crippen molar-refractivity contribution in [1.82, 2.24) is 18.5 Å². The molecule has 0 bridgehead atoms. The van der Waals surface area contributed by atoms with Crippen molar-refractivity contribution >= 4 is 0 Å². The van der Waals surface area contributed by atoms with Crippen LogP contribution in [0.4, 0.5) is 0 Å². The van der Waals surface area contributed by atoms with E-state index in [9.17, 15) is 0 Å². The molecule has 3 nitrogen and oxygen atoms in total. The van der Waals surface area contributed by atoms with Crippen LogP contribution in [-0.4, -0.2) is 0 Å². The predicted molar refractivity (Wildman–Crippen MR) is 18.0 cm³/mol. The van der Waals surface area contributed by atoms with E-state index in [-0.39, 0.29) is 69.8 Å². The first kappa shape index (κ1) is 48.9. The van der Waals surface area contributed by atoms with Crippen molar-refractivity contribution in [2.24, 2.45) is 0 Å². The maximum absolute atomic E-state index is 0. The van der Waals surface area contributed by atoms with E-state index in [1.165, 1.54) is 0 Å². The summed E-state index contributed by atoms with van der Waals surface area (Å²) < 4.78 is 0. The Kier molecular flexibility index (Phi) is 297. The van der Waals surface area contributed by atoms with Crippen LogP contribution in [-0.2, 0) is 0 Å². The molecule has 0 heterocycles. The third-order valence-electron chi connectivity index (χ3n) is 0. The number of rotatable bonds is 0. The average molecular weight is 93.2 g/mol. The zero-order chi connectivity index (χ0) is 0. The fourth-order valence-electron chi connectivity index (χ4n) is 0. The Hall–Kier alpha value is 1.52. The minimum atomic E-state index is 0. The van der Waals surface area contributed by atoms with Gasteiger partial charge in [-0.2, -0.15) is 0 Å². The van der Waals surface area contributed by atoms with Crippen molar-refractivity contribution in [2.75, 3.05) is 0 Å². The first-order valence-corrected chi connectivity index (χ1v) is 0. The van der Waals surface area contributed by atoms with Gasteiger partial charge in [-0.1, -0.05) is 0 Å². The molecular weight excluding hydrogens is 81.1 g/mol. The molecule has 12 N–H and O–H groups in total. The summed E-state index contributed by atoms with van der Waals surface area (Å²) >= 11 is 0. The van der Waals surface area contributed by atoms with Gasteiger partial charge in [0.15, 0.2) is 0 Å². The summed E-state index contributed by atoms with van der Waals surface area (Å²) in [7, 11) is 0. The molecular formula is H12KN3+4. The molecule has 0 aliphatic heterocycles. The van der Waals surface area contributed by atoms with Crippen molar-refractivity contribution in [3.63, 3.8) is 0 Å². The molecule has 24 valence electrons. The van der Waals surface area contributed by atoms with Gasteiger partial charge in [-0.15, -0.1) is 0 Å². The van der Waals surface area contributed by atoms with Crippen LogP contribution in [0.25, 0.3) is 0 Å². The Morgan fingerprint density at radius 2 is 0.500 bits per heavy atom. The smallest absolute Gasteiger partial charge is 0.369 e. The Bertz CT molecular complexity index is 3.25. The number of hydrogen-bond donors (Lipinski definition) is 3. The SMILES string of the molecule is [K+].[NH4+].[NH4+].[NH4+]. The molecule has 0 saturated carbocycles. The quantitative estimate of drug-likeness (QED) is 0.292. The summed E-state index contributed by atoms with van der Waals surface area (Å²) in [4.78, 5) is 0. The van der Waals surface area contributed by atoms with Crippen molar-refractivity contribution in [1.29, 1.82) is 0 Å². The Balaban J connectivity index is 0. The maximum Gasteiger partial charge on any atom is 1.00 e. The van der Waals surface area contributed by atoms with Gasteiger partial charge in [0.1, 0.15) is 0 Å². The first-order valence-electron chi connectivity index (χ1n) is 0. The van der Waals surface area contributed by atoms with Crippen molar-refractivity contribution in [2.45, 2.75) is 0 Å². The van der Waals surface area contributed by atoms with Gasteiger partial charge < -0.3 is 18.5 Å². The van der Waals surface area contributed by atoms with Gasteiger partial charge in [0.05, 0.1) is 0 Å². The van der Waals surface area contributed by atoms with Gasteiger partial charge in [-0.05, 0) is 0 Å². The molecule has 0 unspecified atom stereocenters. The standard InChI is InChI=1S/K.3H3N/h;3*1H3/q+1;;;/p+3. The van der Waals surface area contributed by atoms with Crippen LogP contribution in [0.15, 0.2) is 0 Å². The molecule has 0 atom stereocenters. The average Bonchev–Trinajstić information content (AvgIpc) is 0. The molecule has 0 spiro atoms. The van der Waals surface area contributed by atoms with Gasteiger partial charge in [0, 0.05) is 0 Å². The second-order valence-corrected chi connectivity index (χ2v) is 0. The molecule has 0 aromatic carbocycles. The van der Waals surface area contributed by atoms with Gasteiger partial charge >= 0.3 is 51.4 Å². The number of hydrogen-bond acceptors (Lipinski definition) is 0. The van der Waals surface area contributed by atoms with Gasteiger partial charge in [0.2, 0.25) is 0 Å². The molecule has 0 saturated heterocycles. The van der Waals surface area contributed by atoms with Crippen LogP contribution in [0.2, 0.25) is 0 Å². The van der Waals surface area contributed by atoms with E-state index in [0.717, 1.165) is 0 Å². The van der Waals surface area contributed by atoms with Crippen LogP contribution in [0.3, 0.4) is 0 Å². The zero-order valence-corrected chi connectivity index (χ0v) is 7.12. The first-order chi connectivity index (χ1) is 0. The zero-order valence-electron chi connectivity index (χ0n) is 4.00. The van der Waals surface area contributed by atoms with Crippen molar-refractivity contribution in [3.8, 4) is 0 Å². The van der Waals surface area contributed by atoms with E-state index in [1.54, 1.807) is 0 Å². The molecule has 0 aliphatic carbocycles. The summed E-state index contributed by atoms with van der Waals surface area (Å²) in [6.07, 6.45) is 0. The largest absolute Gasteiger partial charge is 1.00 e. The minimum Gasteiger partial charge on any atom is -0.369 e. The van der Waals surface area contributed by atoms with Crippen LogP contribution in [0, 0.1) is 0 Å². The number of quaternary nitrogens is 3. The second-order valence-electron chi connectivity index (χ2n) is 0. The van der Waals surface area contributed by atoms with Crippen molar-refractivity contribution in [3.05, 3.63) is 0 Å². The molecule has 4 heavy (non-hydrogen) atoms. The van der Waals surface area contributed by atoms with E-state index in [0.29, 0.717) is 0 Å². The van der Waals surface area contributed by atoms with Gasteiger partial charge in [-0.3, -0.25) is 0 Å². The minimum absolute atomic E-state index is 0. The molecule has 0 rings (SSSR count). The van der Waals surface area contributed by atoms with Crippen LogP contribution in [0.1, 0.15) is 0 Å². The third-order valence-corrected chi connectivity index (χ3v) is 0. The second kappa shape index (κ2) is 24.3. The molecule has 0 aliphatic rings. The van der Waals surface area contributed by atoms with Crippen LogP contribution < -0.4 is 69.8 Å². The van der Waals surface area contributed by atoms with E-state index in [4.69, 9.17) is 0 Å². The summed E-state index contributed by atoms with van der Waals surface area (Å²) in [6, 6.07) is 0. The molecule has 4 heteroatoms. The summed E-state index contributed by atoms with van der Waals surface area (Å²) in [5.41, 5.74) is 0. The Morgan fingerprint density at radius 1 is 0.500 bits per heavy atom. The van der Waals surface area contributed by atoms with Gasteiger partial charge in [0.25, 0.3) is 0 Å². The van der Waals surface area contributed by atoms with E-state index in [1.807, 2.05) is 0 Å². The normalized spacial score (nSPS) is 0. The van der Waals surface area contributed by atoms with Gasteiger partial charge in [-0.25, -0.2) is 0 Å². The fourth-order valence-corrected chi connectivity index (χ4v) is 0. The van der Waals surface area contributed by atoms with E-state index < -0.39 is 0 Å². The Morgan fingerprint density at radius 3 is 0.500 bits per heavy atom. The maximum atomic E-state index is 0. The predicted octanol–water partition coefficient (Wildman–Crippen LogP) is -1.87. The van der Waals surface area contributed by atoms with Crippen LogP contribution >= 0.6 is 0 Å². The molecule has 0 aromatic rings. The summed E-state index contributed by atoms with van der Waals surface area (Å²) in [5.74, 6) is 0. The summed E-state index contributed by atoms with van der Waals surface area (Å²) in [6.45, 7) is 0. The molecule has 0 fully saturated rings. The monoisotopic (exact) mass is 93.1 g/mol. The molecule has 0 aromatic heterocycles. The topological polar surface area (TPSA) is 110 Å².